The molecule has 28 heavy (non-hydrogen) atoms. The summed E-state index contributed by atoms with van der Waals surface area (Å²) in [6.07, 6.45) is 3.50. The Morgan fingerprint density at radius 3 is 2.68 bits per heavy atom. The molecule has 7 nitrogen and oxygen atoms in total. The van der Waals surface area contributed by atoms with Gasteiger partial charge in [0, 0.05) is 32.0 Å². The van der Waals surface area contributed by atoms with Crippen molar-refractivity contribution in [3.05, 3.63) is 47.4 Å². The van der Waals surface area contributed by atoms with Gasteiger partial charge in [-0.1, -0.05) is 0 Å². The Labute approximate surface area is 175 Å². The molecule has 0 radical (unpaired) electrons. The van der Waals surface area contributed by atoms with E-state index in [2.05, 4.69) is 15.6 Å². The smallest absolute Gasteiger partial charge is 0.255 e. The fourth-order valence-electron chi connectivity index (χ4n) is 2.98. The summed E-state index contributed by atoms with van der Waals surface area (Å²) in [7, 11) is 1.44. The molecular weight excluding hydrogens is 478 g/mol. The van der Waals surface area contributed by atoms with Crippen molar-refractivity contribution >= 4 is 45.9 Å². The molecule has 0 aliphatic carbocycles. The number of likely N-dealkylation sites (tertiary alicyclic amines) is 1. The van der Waals surface area contributed by atoms with Crippen molar-refractivity contribution in [2.75, 3.05) is 30.1 Å². The van der Waals surface area contributed by atoms with Gasteiger partial charge >= 0.3 is 0 Å². The first-order chi connectivity index (χ1) is 13.5. The molecule has 2 heterocycles. The molecule has 3 rings (SSSR count). The minimum atomic E-state index is -0.651. The number of carbonyl (C=O) groups excluding carboxylic acids is 2. The van der Waals surface area contributed by atoms with Gasteiger partial charge in [-0.05, 0) is 59.7 Å². The van der Waals surface area contributed by atoms with Crippen LogP contribution in [0.15, 0.2) is 30.5 Å². The second kappa shape index (κ2) is 9.18. The van der Waals surface area contributed by atoms with Gasteiger partial charge in [-0.25, -0.2) is 9.37 Å². The normalized spacial score (nSPS) is 13.3. The van der Waals surface area contributed by atoms with Gasteiger partial charge in [0.2, 0.25) is 0 Å². The van der Waals surface area contributed by atoms with Crippen LogP contribution in [0, 0.1) is 5.82 Å². The maximum Gasteiger partial charge on any atom is 0.255 e. The lowest BCUT2D eigenvalue weighted by atomic mass is 10.1. The van der Waals surface area contributed by atoms with Gasteiger partial charge in [0.1, 0.15) is 10.4 Å². The van der Waals surface area contributed by atoms with Crippen LogP contribution in [-0.2, 0) is 0 Å². The van der Waals surface area contributed by atoms with Crippen molar-refractivity contribution in [1.82, 2.24) is 15.2 Å². The molecule has 1 fully saturated rings. The molecule has 2 aromatic rings. The molecule has 2 N–H and O–H groups in total. The second-order valence-corrected chi connectivity index (χ2v) is 6.85. The van der Waals surface area contributed by atoms with Gasteiger partial charge in [-0.3, -0.25) is 9.59 Å². The third-order valence-electron chi connectivity index (χ3n) is 4.41. The Morgan fingerprint density at radius 1 is 1.29 bits per heavy atom. The molecule has 1 aromatic heterocycles. The van der Waals surface area contributed by atoms with Gasteiger partial charge in [0.15, 0.2) is 11.6 Å². The summed E-state index contributed by atoms with van der Waals surface area (Å²) in [4.78, 5) is 30.3. The lowest BCUT2D eigenvalue weighted by Gasteiger charge is -2.17. The molecule has 1 saturated heterocycles. The first kappa shape index (κ1) is 20.3. The van der Waals surface area contributed by atoms with E-state index in [1.165, 1.54) is 25.4 Å². The number of amides is 2. The summed E-state index contributed by atoms with van der Waals surface area (Å²) < 4.78 is 20.1. The molecule has 0 spiro atoms. The monoisotopic (exact) mass is 498 g/mol. The molecule has 9 heteroatoms. The summed E-state index contributed by atoms with van der Waals surface area (Å²) in [5, 5.41) is 5.37. The van der Waals surface area contributed by atoms with Gasteiger partial charge in [-0.2, -0.15) is 0 Å². The molecule has 1 aromatic carbocycles. The highest BCUT2D eigenvalue weighted by Gasteiger charge is 2.21. The highest BCUT2D eigenvalue weighted by molar-refractivity contribution is 14.1. The third-order valence-corrected chi connectivity index (χ3v) is 4.72. The topological polar surface area (TPSA) is 83.6 Å². The highest BCUT2D eigenvalue weighted by Crippen LogP contribution is 2.28. The third kappa shape index (κ3) is 4.51. The molecule has 2 amide bonds. The van der Waals surface area contributed by atoms with E-state index in [4.69, 9.17) is 4.74 Å². The van der Waals surface area contributed by atoms with Crippen molar-refractivity contribution < 1.29 is 18.7 Å². The van der Waals surface area contributed by atoms with Crippen LogP contribution in [0.3, 0.4) is 0 Å². The lowest BCUT2D eigenvalue weighted by Crippen LogP contribution is -2.27. The van der Waals surface area contributed by atoms with Crippen LogP contribution in [0.4, 0.5) is 15.9 Å². The van der Waals surface area contributed by atoms with Crippen molar-refractivity contribution in [2.24, 2.45) is 0 Å². The van der Waals surface area contributed by atoms with Crippen LogP contribution in [0.2, 0.25) is 0 Å². The number of pyridine rings is 1. The van der Waals surface area contributed by atoms with E-state index in [1.54, 1.807) is 17.0 Å². The van der Waals surface area contributed by atoms with Crippen molar-refractivity contribution in [2.45, 2.75) is 12.8 Å². The highest BCUT2D eigenvalue weighted by atomic mass is 127. The molecule has 0 atom stereocenters. The first-order valence-corrected chi connectivity index (χ1v) is 10.3. The maximum atomic E-state index is 14.2. The van der Waals surface area contributed by atoms with E-state index in [9.17, 15) is 14.0 Å². The van der Waals surface area contributed by atoms with Gasteiger partial charge in [-0.15, -0.1) is 0 Å². The van der Waals surface area contributed by atoms with E-state index in [0.29, 0.717) is 27.4 Å². The molecule has 0 bridgehead atoms. The number of rotatable bonds is 6. The largest absolute Gasteiger partial charge is 0.479 e. The number of carbonyl (C=O) groups is 2. The van der Waals surface area contributed by atoms with E-state index in [0.717, 1.165) is 25.9 Å². The fraction of sp³-hybridized carbons (Fsp3) is 0.316. The number of halogens is 2. The quantitative estimate of drug-likeness (QED) is 0.472. The summed E-state index contributed by atoms with van der Waals surface area (Å²) in [6, 6.07) is 5.82. The Morgan fingerprint density at radius 2 is 2.04 bits per heavy atom. The Balaban J connectivity index is 1.84. The number of benzene rings is 1. The number of aromatic nitrogens is 1. The number of ether oxygens (including phenoxy) is 1. The summed E-state index contributed by atoms with van der Waals surface area (Å²) >= 11 is 2.05. The van der Waals surface area contributed by atoms with E-state index in [-0.39, 0.29) is 11.5 Å². The average Bonchev–Trinajstić information content (AvgIpc) is 3.23. The number of alkyl halides is 1. The van der Waals surface area contributed by atoms with Gasteiger partial charge in [0.25, 0.3) is 11.8 Å². The SMILES string of the molecule is CNC(=O)c1ccc(Nc2ncc(C(=O)N3CCCC3)cc2OCI)cc1F. The minimum absolute atomic E-state index is 0.0451. The van der Waals surface area contributed by atoms with Crippen molar-refractivity contribution in [3.8, 4) is 5.75 Å². The molecule has 1 aliphatic rings. The van der Waals surface area contributed by atoms with Gasteiger partial charge < -0.3 is 20.3 Å². The zero-order valence-corrected chi connectivity index (χ0v) is 17.5. The zero-order valence-electron chi connectivity index (χ0n) is 15.3. The lowest BCUT2D eigenvalue weighted by molar-refractivity contribution is 0.0791. The zero-order chi connectivity index (χ0) is 20.1. The Bertz CT molecular complexity index is 887. The number of anilines is 2. The van der Waals surface area contributed by atoms with Crippen LogP contribution in [0.1, 0.15) is 33.6 Å². The average molecular weight is 498 g/mol. The molecule has 1 aliphatic heterocycles. The van der Waals surface area contributed by atoms with Gasteiger partial charge in [0.05, 0.1) is 11.1 Å². The predicted molar refractivity (Wildman–Crippen MR) is 112 cm³/mol. The molecule has 148 valence electrons. The van der Waals surface area contributed by atoms with Crippen LogP contribution in [0.5, 0.6) is 5.75 Å². The Kier molecular flexibility index (Phi) is 6.65. The minimum Gasteiger partial charge on any atom is -0.479 e. The van der Waals surface area contributed by atoms with Crippen LogP contribution in [0.25, 0.3) is 0 Å². The molecular formula is C19H20FIN4O3. The molecule has 0 unspecified atom stereocenters. The van der Waals surface area contributed by atoms with Crippen LogP contribution < -0.4 is 15.4 Å². The van der Waals surface area contributed by atoms with Crippen LogP contribution in [-0.4, -0.2) is 46.4 Å². The predicted octanol–water partition coefficient (Wildman–Crippen LogP) is 3.33. The number of nitrogens with zero attached hydrogens (tertiary/aromatic N) is 2. The van der Waals surface area contributed by atoms with E-state index >= 15 is 0 Å². The summed E-state index contributed by atoms with van der Waals surface area (Å²) in [5.41, 5.74) is 0.819. The van der Waals surface area contributed by atoms with E-state index in [1.807, 2.05) is 22.6 Å². The van der Waals surface area contributed by atoms with Crippen molar-refractivity contribution in [1.29, 1.82) is 0 Å². The molecule has 0 saturated carbocycles. The first-order valence-electron chi connectivity index (χ1n) is 8.80. The standard InChI is InChI=1S/C19H20FIN4O3/c1-22-18(26)14-5-4-13(9-15(14)20)24-17-16(28-11-21)8-12(10-23-17)19(27)25-6-2-3-7-25/h4-5,8-10H,2-3,6-7,11H2,1H3,(H,22,26)(H,23,24). The number of hydrogen-bond acceptors (Lipinski definition) is 5. The second-order valence-electron chi connectivity index (χ2n) is 6.22. The fourth-order valence-corrected chi connectivity index (χ4v) is 3.31. The summed E-state index contributed by atoms with van der Waals surface area (Å²) in [6.45, 7) is 1.50. The number of nitrogens with one attached hydrogen (secondary N) is 2. The summed E-state index contributed by atoms with van der Waals surface area (Å²) in [5.74, 6) is -0.463. The van der Waals surface area contributed by atoms with Crippen molar-refractivity contribution in [3.63, 3.8) is 0 Å². The van der Waals surface area contributed by atoms with E-state index < -0.39 is 11.7 Å². The number of hydrogen-bond donors (Lipinski definition) is 2. The maximum absolute atomic E-state index is 14.2. The Hall–Kier alpha value is -2.43. The van der Waals surface area contributed by atoms with Crippen LogP contribution >= 0.6 is 22.6 Å².